The van der Waals surface area contributed by atoms with Gasteiger partial charge in [0.05, 0.1) is 11.2 Å². The number of hydrogen-bond acceptors (Lipinski definition) is 3. The van der Waals surface area contributed by atoms with Crippen LogP contribution in [0.2, 0.25) is 0 Å². The van der Waals surface area contributed by atoms with Gasteiger partial charge in [0.25, 0.3) is 0 Å². The van der Waals surface area contributed by atoms with Crippen LogP contribution in [0.25, 0.3) is 16.5 Å². The molecule has 0 amide bonds. The van der Waals surface area contributed by atoms with E-state index in [1.807, 2.05) is 30.3 Å². The molecular weight excluding hydrogens is 278 g/mol. The first-order valence-electron chi connectivity index (χ1n) is 5.16. The van der Waals surface area contributed by atoms with Crippen molar-refractivity contribution in [2.75, 3.05) is 0 Å². The maximum absolute atomic E-state index is 7.64. The van der Waals surface area contributed by atoms with Gasteiger partial charge in [-0.2, -0.15) is 0 Å². The van der Waals surface area contributed by atoms with E-state index in [0.717, 1.165) is 21.1 Å². The number of halogens is 1. The first-order chi connectivity index (χ1) is 8.11. The minimum Gasteiger partial charge on any atom is -0.404 e. The summed E-state index contributed by atoms with van der Waals surface area (Å²) in [5.74, 6) is 0. The fraction of sp³-hybridized carbons (Fsp3) is 0.0769. The van der Waals surface area contributed by atoms with Gasteiger partial charge in [-0.1, -0.05) is 28.1 Å². The van der Waals surface area contributed by atoms with Crippen LogP contribution in [0.4, 0.5) is 0 Å². The van der Waals surface area contributed by atoms with Crippen LogP contribution in [0.5, 0.6) is 0 Å². The first-order valence-corrected chi connectivity index (χ1v) is 5.95. The van der Waals surface area contributed by atoms with Gasteiger partial charge >= 0.3 is 0 Å². The third kappa shape index (κ3) is 2.36. The van der Waals surface area contributed by atoms with E-state index in [0.29, 0.717) is 11.3 Å². The van der Waals surface area contributed by atoms with Crippen molar-refractivity contribution in [3.05, 3.63) is 46.7 Å². The van der Waals surface area contributed by atoms with Crippen molar-refractivity contribution in [1.29, 1.82) is 5.41 Å². The molecule has 0 spiro atoms. The number of nitrogens with zero attached hydrogens (tertiary/aromatic N) is 1. The van der Waals surface area contributed by atoms with Crippen molar-refractivity contribution in [2.24, 2.45) is 5.73 Å². The number of benzene rings is 1. The number of rotatable bonds is 2. The van der Waals surface area contributed by atoms with Crippen molar-refractivity contribution in [3.63, 3.8) is 0 Å². The molecule has 17 heavy (non-hydrogen) atoms. The molecule has 86 valence electrons. The van der Waals surface area contributed by atoms with Gasteiger partial charge in [0, 0.05) is 27.3 Å². The van der Waals surface area contributed by atoms with Crippen molar-refractivity contribution in [2.45, 2.75) is 6.92 Å². The van der Waals surface area contributed by atoms with Crippen molar-refractivity contribution in [1.82, 2.24) is 4.98 Å². The van der Waals surface area contributed by atoms with Crippen LogP contribution in [0.1, 0.15) is 12.6 Å². The van der Waals surface area contributed by atoms with E-state index in [9.17, 15) is 0 Å². The molecule has 0 fully saturated rings. The van der Waals surface area contributed by atoms with Crippen LogP contribution in [-0.2, 0) is 0 Å². The molecule has 0 radical (unpaired) electrons. The fourth-order valence-corrected chi connectivity index (χ4v) is 1.99. The number of hydrogen-bond donors (Lipinski definition) is 2. The predicted molar refractivity (Wildman–Crippen MR) is 75.0 cm³/mol. The first kappa shape index (κ1) is 11.8. The molecule has 3 nitrogen and oxygen atoms in total. The monoisotopic (exact) mass is 289 g/mol. The third-order valence-electron chi connectivity index (χ3n) is 2.50. The number of fused-ring (bicyclic) bond motifs is 1. The summed E-state index contributed by atoms with van der Waals surface area (Å²) in [4.78, 5) is 4.51. The Morgan fingerprint density at radius 1 is 1.35 bits per heavy atom. The second kappa shape index (κ2) is 4.67. The number of pyridine rings is 1. The molecule has 3 N–H and O–H groups in total. The Kier molecular flexibility index (Phi) is 3.24. The SMILES string of the molecule is CC(=N)/C(=C\N)c1ccc2ccc(Br)cc2n1. The molecule has 0 unspecified atom stereocenters. The summed E-state index contributed by atoms with van der Waals surface area (Å²) in [6, 6.07) is 9.79. The molecule has 1 aromatic heterocycles. The van der Waals surface area contributed by atoms with Crippen molar-refractivity contribution < 1.29 is 0 Å². The average molecular weight is 290 g/mol. The highest BCUT2D eigenvalue weighted by atomic mass is 79.9. The van der Waals surface area contributed by atoms with Crippen LogP contribution >= 0.6 is 15.9 Å². The predicted octanol–water partition coefficient (Wildman–Crippen LogP) is 3.34. The van der Waals surface area contributed by atoms with Gasteiger partial charge in [0.2, 0.25) is 0 Å². The standard InChI is InChI=1S/C13H12BrN3/c1-8(16)11(7-15)12-5-3-9-2-4-10(14)6-13(9)17-12/h2-7,16H,15H2,1H3/b11-7+,16-8?. The molecule has 1 heterocycles. The third-order valence-corrected chi connectivity index (χ3v) is 2.99. The lowest BCUT2D eigenvalue weighted by molar-refractivity contribution is 1.34. The summed E-state index contributed by atoms with van der Waals surface area (Å²) in [5.41, 5.74) is 8.21. The second-order valence-electron chi connectivity index (χ2n) is 3.74. The van der Waals surface area contributed by atoms with E-state index < -0.39 is 0 Å². The largest absolute Gasteiger partial charge is 0.404 e. The molecule has 1 aromatic carbocycles. The Balaban J connectivity index is 2.61. The topological polar surface area (TPSA) is 62.8 Å². The molecule has 0 atom stereocenters. The number of aromatic nitrogens is 1. The van der Waals surface area contributed by atoms with Crippen LogP contribution in [0.15, 0.2) is 41.0 Å². The van der Waals surface area contributed by atoms with Gasteiger partial charge < -0.3 is 11.1 Å². The van der Waals surface area contributed by atoms with Gasteiger partial charge in [-0.25, -0.2) is 4.98 Å². The summed E-state index contributed by atoms with van der Waals surface area (Å²) in [6.45, 7) is 1.70. The van der Waals surface area contributed by atoms with Crippen LogP contribution in [-0.4, -0.2) is 10.7 Å². The molecular formula is C13H12BrN3. The maximum Gasteiger partial charge on any atom is 0.0742 e. The minimum atomic E-state index is 0.411. The van der Waals surface area contributed by atoms with Gasteiger partial charge in [0.15, 0.2) is 0 Å². The summed E-state index contributed by atoms with van der Waals surface area (Å²) in [5, 5.41) is 8.71. The lowest BCUT2D eigenvalue weighted by atomic mass is 10.1. The van der Waals surface area contributed by atoms with Gasteiger partial charge in [-0.15, -0.1) is 0 Å². The van der Waals surface area contributed by atoms with E-state index in [2.05, 4.69) is 20.9 Å². The Hall–Kier alpha value is -1.68. The molecule has 2 aromatic rings. The molecule has 0 saturated heterocycles. The molecule has 0 saturated carbocycles. The smallest absolute Gasteiger partial charge is 0.0742 e. The highest BCUT2D eigenvalue weighted by molar-refractivity contribution is 9.10. The van der Waals surface area contributed by atoms with E-state index in [1.54, 1.807) is 6.92 Å². The number of nitrogens with one attached hydrogen (secondary N) is 1. The van der Waals surface area contributed by atoms with Crippen LogP contribution in [0.3, 0.4) is 0 Å². The second-order valence-corrected chi connectivity index (χ2v) is 4.65. The van der Waals surface area contributed by atoms with Gasteiger partial charge in [-0.3, -0.25) is 0 Å². The Morgan fingerprint density at radius 2 is 2.06 bits per heavy atom. The Bertz CT molecular complexity index is 617. The summed E-state index contributed by atoms with van der Waals surface area (Å²) in [7, 11) is 0. The Labute approximate surface area is 108 Å². The molecule has 0 aliphatic heterocycles. The summed E-state index contributed by atoms with van der Waals surface area (Å²) in [6.07, 6.45) is 1.43. The molecule has 0 bridgehead atoms. The number of nitrogens with two attached hydrogens (primary N) is 1. The highest BCUT2D eigenvalue weighted by Gasteiger charge is 2.06. The van der Waals surface area contributed by atoms with Crippen molar-refractivity contribution in [3.8, 4) is 0 Å². The lowest BCUT2D eigenvalue weighted by Crippen LogP contribution is -2.00. The minimum absolute atomic E-state index is 0.411. The van der Waals surface area contributed by atoms with Crippen molar-refractivity contribution >= 4 is 38.1 Å². The molecule has 0 aliphatic rings. The van der Waals surface area contributed by atoms with Gasteiger partial charge in [0.1, 0.15) is 0 Å². The zero-order valence-electron chi connectivity index (χ0n) is 9.37. The van der Waals surface area contributed by atoms with Gasteiger partial charge in [-0.05, 0) is 25.1 Å². The maximum atomic E-state index is 7.64. The fourth-order valence-electron chi connectivity index (χ4n) is 1.64. The Morgan fingerprint density at radius 3 is 2.71 bits per heavy atom. The number of allylic oxidation sites excluding steroid dienone is 1. The van der Waals surface area contributed by atoms with E-state index in [4.69, 9.17) is 11.1 Å². The average Bonchev–Trinajstić information content (AvgIpc) is 2.29. The van der Waals surface area contributed by atoms with E-state index >= 15 is 0 Å². The van der Waals surface area contributed by atoms with E-state index in [1.165, 1.54) is 6.20 Å². The highest BCUT2D eigenvalue weighted by Crippen LogP contribution is 2.21. The zero-order chi connectivity index (χ0) is 12.4. The van der Waals surface area contributed by atoms with E-state index in [-0.39, 0.29) is 0 Å². The summed E-state index contributed by atoms with van der Waals surface area (Å²) >= 11 is 3.42. The molecule has 4 heteroatoms. The zero-order valence-corrected chi connectivity index (χ0v) is 11.0. The quantitative estimate of drug-likeness (QED) is 0.833. The normalized spacial score (nSPS) is 11.8. The van der Waals surface area contributed by atoms with Crippen LogP contribution < -0.4 is 5.73 Å². The van der Waals surface area contributed by atoms with Crippen LogP contribution in [0, 0.1) is 5.41 Å². The summed E-state index contributed by atoms with van der Waals surface area (Å²) < 4.78 is 0.986. The molecule has 2 rings (SSSR count). The molecule has 0 aliphatic carbocycles. The lowest BCUT2D eigenvalue weighted by Gasteiger charge is -2.06.